The third-order valence-corrected chi connectivity index (χ3v) is 4.79. The van der Waals surface area contributed by atoms with E-state index >= 15 is 0 Å². The number of fused-ring (bicyclic) bond motifs is 2. The molecule has 4 aromatic rings. The van der Waals surface area contributed by atoms with Crippen molar-refractivity contribution in [2.75, 3.05) is 6.54 Å². The Morgan fingerprint density at radius 1 is 1.19 bits per heavy atom. The molecule has 27 heavy (non-hydrogen) atoms. The maximum absolute atomic E-state index is 13.1. The van der Waals surface area contributed by atoms with Gasteiger partial charge >= 0.3 is 0 Å². The van der Waals surface area contributed by atoms with Crippen molar-refractivity contribution in [3.63, 3.8) is 0 Å². The maximum Gasteiger partial charge on any atom is 0.275 e. The van der Waals surface area contributed by atoms with E-state index in [1.165, 1.54) is 0 Å². The van der Waals surface area contributed by atoms with Crippen molar-refractivity contribution in [3.8, 4) is 11.4 Å². The maximum atomic E-state index is 13.1. The molecule has 0 saturated heterocycles. The van der Waals surface area contributed by atoms with Crippen molar-refractivity contribution in [3.05, 3.63) is 64.1 Å². The van der Waals surface area contributed by atoms with Crippen LogP contribution in [-0.2, 0) is 13.0 Å². The molecule has 0 aliphatic carbocycles. The second-order valence-electron chi connectivity index (χ2n) is 6.42. The number of nitrogens with zero attached hydrogens (tertiary/aromatic N) is 4. The van der Waals surface area contributed by atoms with Gasteiger partial charge in [-0.25, -0.2) is 10.1 Å². The van der Waals surface area contributed by atoms with Crippen LogP contribution in [0.2, 0.25) is 0 Å². The van der Waals surface area contributed by atoms with Gasteiger partial charge in [0.1, 0.15) is 5.82 Å². The summed E-state index contributed by atoms with van der Waals surface area (Å²) in [5.74, 6) is 0.517. The molecule has 3 aromatic heterocycles. The molecule has 9 heteroatoms. The fourth-order valence-electron chi connectivity index (χ4n) is 3.41. The van der Waals surface area contributed by atoms with Crippen molar-refractivity contribution in [1.82, 2.24) is 35.3 Å². The molecule has 0 bridgehead atoms. The average Bonchev–Trinajstić information content (AvgIpc) is 3.37. The van der Waals surface area contributed by atoms with Crippen LogP contribution in [0.1, 0.15) is 21.9 Å². The number of carbonyl (C=O) groups is 1. The zero-order valence-corrected chi connectivity index (χ0v) is 14.2. The Morgan fingerprint density at radius 3 is 2.85 bits per heavy atom. The van der Waals surface area contributed by atoms with Crippen LogP contribution in [0.3, 0.4) is 0 Å². The van der Waals surface area contributed by atoms with E-state index in [4.69, 9.17) is 0 Å². The Balaban J connectivity index is 1.48. The summed E-state index contributed by atoms with van der Waals surface area (Å²) in [7, 11) is 0. The predicted octanol–water partition coefficient (Wildman–Crippen LogP) is 1.23. The van der Waals surface area contributed by atoms with Gasteiger partial charge in [0.25, 0.3) is 11.5 Å². The van der Waals surface area contributed by atoms with E-state index in [2.05, 4.69) is 30.4 Å². The summed E-state index contributed by atoms with van der Waals surface area (Å²) < 4.78 is 0. The number of aromatic amines is 3. The van der Waals surface area contributed by atoms with E-state index in [1.54, 1.807) is 41.6 Å². The summed E-state index contributed by atoms with van der Waals surface area (Å²) in [4.78, 5) is 34.6. The molecule has 0 spiro atoms. The third kappa shape index (κ3) is 2.51. The first-order valence-corrected chi connectivity index (χ1v) is 8.54. The highest BCUT2D eigenvalue weighted by atomic mass is 16.2. The molecule has 134 valence electrons. The number of imidazole rings is 1. The number of hydrogen-bond acceptors (Lipinski definition) is 5. The number of aromatic nitrogens is 6. The topological polar surface area (TPSA) is 123 Å². The number of amides is 1. The summed E-state index contributed by atoms with van der Waals surface area (Å²) in [6.07, 6.45) is 4.11. The fourth-order valence-corrected chi connectivity index (χ4v) is 3.41. The van der Waals surface area contributed by atoms with Gasteiger partial charge in [0, 0.05) is 24.5 Å². The minimum Gasteiger partial charge on any atom is -0.340 e. The Hall–Kier alpha value is -3.75. The highest BCUT2D eigenvalue weighted by Crippen LogP contribution is 2.24. The normalized spacial score (nSPS) is 13.7. The lowest BCUT2D eigenvalue weighted by Crippen LogP contribution is -2.37. The minimum atomic E-state index is -0.304. The van der Waals surface area contributed by atoms with Gasteiger partial charge in [-0.1, -0.05) is 18.2 Å². The van der Waals surface area contributed by atoms with Crippen LogP contribution in [0.15, 0.2) is 41.5 Å². The summed E-state index contributed by atoms with van der Waals surface area (Å²) in [6, 6.07) is 6.99. The molecule has 9 nitrogen and oxygen atoms in total. The molecule has 0 atom stereocenters. The van der Waals surface area contributed by atoms with Gasteiger partial charge in [0.15, 0.2) is 5.69 Å². The SMILES string of the molecule is O=C(c1n[nH]c(=O)c2ccccc12)N1CCc2nc(-c3cn[nH]c3)[nH]c2C1. The quantitative estimate of drug-likeness (QED) is 0.495. The van der Waals surface area contributed by atoms with Gasteiger partial charge < -0.3 is 9.88 Å². The Morgan fingerprint density at radius 2 is 2.04 bits per heavy atom. The first kappa shape index (κ1) is 15.5. The van der Waals surface area contributed by atoms with Gasteiger partial charge in [0.2, 0.25) is 0 Å². The Kier molecular flexibility index (Phi) is 3.39. The van der Waals surface area contributed by atoms with Crippen LogP contribution in [0.5, 0.6) is 0 Å². The zero-order chi connectivity index (χ0) is 18.4. The first-order chi connectivity index (χ1) is 13.2. The zero-order valence-electron chi connectivity index (χ0n) is 14.2. The van der Waals surface area contributed by atoms with Crippen LogP contribution in [-0.4, -0.2) is 47.7 Å². The Bertz CT molecular complexity index is 1210. The van der Waals surface area contributed by atoms with E-state index in [9.17, 15) is 9.59 Å². The van der Waals surface area contributed by atoms with Crippen LogP contribution < -0.4 is 5.56 Å². The molecule has 0 radical (unpaired) electrons. The summed E-state index contributed by atoms with van der Waals surface area (Å²) in [5.41, 5.74) is 2.68. The van der Waals surface area contributed by atoms with Crippen LogP contribution in [0.4, 0.5) is 0 Å². The predicted molar refractivity (Wildman–Crippen MR) is 97.0 cm³/mol. The Labute approximate surface area is 152 Å². The highest BCUT2D eigenvalue weighted by molar-refractivity contribution is 6.04. The van der Waals surface area contributed by atoms with Crippen molar-refractivity contribution < 1.29 is 4.79 Å². The number of benzene rings is 1. The van der Waals surface area contributed by atoms with Crippen molar-refractivity contribution in [2.45, 2.75) is 13.0 Å². The molecule has 0 fully saturated rings. The molecule has 1 aliphatic rings. The van der Waals surface area contributed by atoms with E-state index in [1.807, 2.05) is 0 Å². The lowest BCUT2D eigenvalue weighted by atomic mass is 10.1. The average molecular weight is 361 g/mol. The lowest BCUT2D eigenvalue weighted by Gasteiger charge is -2.26. The summed E-state index contributed by atoms with van der Waals surface area (Å²) in [5, 5.41) is 14.2. The summed E-state index contributed by atoms with van der Waals surface area (Å²) >= 11 is 0. The van der Waals surface area contributed by atoms with Crippen molar-refractivity contribution in [1.29, 1.82) is 0 Å². The highest BCUT2D eigenvalue weighted by Gasteiger charge is 2.27. The molecule has 5 rings (SSSR count). The summed E-state index contributed by atoms with van der Waals surface area (Å²) in [6.45, 7) is 0.949. The van der Waals surface area contributed by atoms with E-state index in [0.29, 0.717) is 30.3 Å². The van der Waals surface area contributed by atoms with E-state index in [0.717, 1.165) is 22.8 Å². The number of hydrogen-bond donors (Lipinski definition) is 3. The lowest BCUT2D eigenvalue weighted by molar-refractivity contribution is 0.0727. The number of H-pyrrole nitrogens is 3. The van der Waals surface area contributed by atoms with E-state index < -0.39 is 0 Å². The standard InChI is InChI=1S/C18H15N7O2/c26-17-12-4-2-1-3-11(12)15(23-24-17)18(27)25-6-5-13-14(9-25)22-16(21-13)10-7-19-20-8-10/h1-4,7-8H,5-6,9H2,(H,19,20)(H,21,22)(H,24,26). The number of rotatable bonds is 2. The van der Waals surface area contributed by atoms with Crippen molar-refractivity contribution in [2.24, 2.45) is 0 Å². The van der Waals surface area contributed by atoms with Crippen LogP contribution >= 0.6 is 0 Å². The van der Waals surface area contributed by atoms with Gasteiger partial charge in [-0.2, -0.15) is 10.2 Å². The van der Waals surface area contributed by atoms with Crippen molar-refractivity contribution >= 4 is 16.7 Å². The molecule has 1 amide bonds. The van der Waals surface area contributed by atoms with Crippen LogP contribution in [0, 0.1) is 0 Å². The van der Waals surface area contributed by atoms with E-state index in [-0.39, 0.29) is 17.2 Å². The van der Waals surface area contributed by atoms with Gasteiger partial charge in [-0.15, -0.1) is 0 Å². The van der Waals surface area contributed by atoms with Gasteiger partial charge in [-0.3, -0.25) is 14.7 Å². The van der Waals surface area contributed by atoms with Gasteiger partial charge in [0.05, 0.1) is 35.1 Å². The molecular formula is C18H15N7O2. The number of nitrogens with one attached hydrogen (secondary N) is 3. The molecule has 4 heterocycles. The number of carbonyl (C=O) groups excluding carboxylic acids is 1. The smallest absolute Gasteiger partial charge is 0.275 e. The molecule has 0 unspecified atom stereocenters. The second-order valence-corrected chi connectivity index (χ2v) is 6.42. The molecular weight excluding hydrogens is 346 g/mol. The fraction of sp³-hybridized carbons (Fsp3) is 0.167. The molecule has 3 N–H and O–H groups in total. The minimum absolute atomic E-state index is 0.215. The first-order valence-electron chi connectivity index (χ1n) is 8.54. The van der Waals surface area contributed by atoms with Crippen LogP contribution in [0.25, 0.3) is 22.2 Å². The largest absolute Gasteiger partial charge is 0.340 e. The molecule has 1 aliphatic heterocycles. The monoisotopic (exact) mass is 361 g/mol. The second kappa shape index (κ2) is 5.90. The molecule has 1 aromatic carbocycles. The third-order valence-electron chi connectivity index (χ3n) is 4.79. The van der Waals surface area contributed by atoms with Gasteiger partial charge in [-0.05, 0) is 6.07 Å². The molecule has 0 saturated carbocycles.